The highest BCUT2D eigenvalue weighted by atomic mass is 19.3. The first-order chi connectivity index (χ1) is 11.5. The van der Waals surface area contributed by atoms with Crippen LogP contribution in [0.15, 0.2) is 29.3 Å². The molecule has 7 heteroatoms. The van der Waals surface area contributed by atoms with Crippen LogP contribution in [-0.4, -0.2) is 38.4 Å². The summed E-state index contributed by atoms with van der Waals surface area (Å²) in [6.45, 7) is 5.47. The number of benzene rings is 1. The fraction of sp³-hybridized carbons (Fsp3) is 0.588. The van der Waals surface area contributed by atoms with E-state index >= 15 is 0 Å². The lowest BCUT2D eigenvalue weighted by atomic mass is 10.2. The Morgan fingerprint density at radius 3 is 2.62 bits per heavy atom. The van der Waals surface area contributed by atoms with Gasteiger partial charge in [0.1, 0.15) is 5.75 Å². The summed E-state index contributed by atoms with van der Waals surface area (Å²) in [6.07, 6.45) is 1.08. The normalized spacial score (nSPS) is 11.9. The second kappa shape index (κ2) is 11.6. The molecular weight excluding hydrogens is 316 g/mol. The van der Waals surface area contributed by atoms with E-state index in [-0.39, 0.29) is 18.4 Å². The Hall–Kier alpha value is -1.89. The second-order valence-corrected chi connectivity index (χ2v) is 5.38. The molecule has 1 aromatic rings. The van der Waals surface area contributed by atoms with Gasteiger partial charge in [0, 0.05) is 25.3 Å². The average molecular weight is 343 g/mol. The van der Waals surface area contributed by atoms with E-state index in [0.29, 0.717) is 31.2 Å². The molecule has 0 saturated carbocycles. The predicted octanol–water partition coefficient (Wildman–Crippen LogP) is 3.16. The number of ether oxygens (including phenoxy) is 2. The highest BCUT2D eigenvalue weighted by Gasteiger charge is 2.08. The van der Waals surface area contributed by atoms with Gasteiger partial charge in [-0.05, 0) is 33.3 Å². The van der Waals surface area contributed by atoms with Crippen molar-refractivity contribution in [2.24, 2.45) is 4.99 Å². The fourth-order valence-corrected chi connectivity index (χ4v) is 1.95. The fourth-order valence-electron chi connectivity index (χ4n) is 1.95. The summed E-state index contributed by atoms with van der Waals surface area (Å²) < 4.78 is 34.8. The molecule has 5 nitrogen and oxygen atoms in total. The molecule has 0 saturated heterocycles. The number of hydrogen-bond donors (Lipinski definition) is 2. The van der Waals surface area contributed by atoms with Gasteiger partial charge in [-0.1, -0.05) is 18.2 Å². The van der Waals surface area contributed by atoms with Gasteiger partial charge < -0.3 is 20.1 Å². The monoisotopic (exact) mass is 343 g/mol. The smallest absolute Gasteiger partial charge is 0.387 e. The van der Waals surface area contributed by atoms with Gasteiger partial charge in [-0.2, -0.15) is 8.78 Å². The molecule has 136 valence electrons. The third-order valence-corrected chi connectivity index (χ3v) is 3.01. The van der Waals surface area contributed by atoms with Crippen LogP contribution in [-0.2, 0) is 11.3 Å². The van der Waals surface area contributed by atoms with Crippen LogP contribution in [0.2, 0.25) is 0 Å². The summed E-state index contributed by atoms with van der Waals surface area (Å²) in [5.74, 6) is 0.784. The Morgan fingerprint density at radius 1 is 1.21 bits per heavy atom. The third-order valence-electron chi connectivity index (χ3n) is 3.01. The number of halogens is 2. The maximum absolute atomic E-state index is 12.4. The average Bonchev–Trinajstić information content (AvgIpc) is 2.52. The van der Waals surface area contributed by atoms with Crippen LogP contribution in [0.3, 0.4) is 0 Å². The van der Waals surface area contributed by atoms with Crippen molar-refractivity contribution in [2.75, 3.05) is 19.7 Å². The van der Waals surface area contributed by atoms with Gasteiger partial charge in [0.2, 0.25) is 0 Å². The Labute approximate surface area is 142 Å². The maximum Gasteiger partial charge on any atom is 0.387 e. The summed E-state index contributed by atoms with van der Waals surface area (Å²) in [7, 11) is 0. The zero-order valence-corrected chi connectivity index (χ0v) is 14.5. The topological polar surface area (TPSA) is 54.9 Å². The zero-order valence-electron chi connectivity index (χ0n) is 14.5. The minimum Gasteiger partial charge on any atom is -0.434 e. The molecule has 0 radical (unpaired) electrons. The Kier molecular flexibility index (Phi) is 9.76. The standard InChI is InChI=1S/C17H27F2N3O2/c1-4-20-17(21-10-7-11-23-13(2)3)22-12-14-8-5-6-9-15(14)24-16(18)19/h5-6,8-9,13,16H,4,7,10-12H2,1-3H3,(H2,20,21,22). The number of nitrogens with zero attached hydrogens (tertiary/aromatic N) is 1. The lowest BCUT2D eigenvalue weighted by Crippen LogP contribution is -2.38. The number of aliphatic imine (C=N–C) groups is 1. The quantitative estimate of drug-likeness (QED) is 0.389. The van der Waals surface area contributed by atoms with Crippen molar-refractivity contribution < 1.29 is 18.3 Å². The lowest BCUT2D eigenvalue weighted by molar-refractivity contribution is -0.0504. The highest BCUT2D eigenvalue weighted by molar-refractivity contribution is 5.79. The van der Waals surface area contributed by atoms with E-state index in [9.17, 15) is 8.78 Å². The number of nitrogens with one attached hydrogen (secondary N) is 2. The number of para-hydroxylation sites is 1. The molecule has 0 unspecified atom stereocenters. The number of rotatable bonds is 10. The number of hydrogen-bond acceptors (Lipinski definition) is 3. The van der Waals surface area contributed by atoms with E-state index in [1.54, 1.807) is 18.2 Å². The summed E-state index contributed by atoms with van der Waals surface area (Å²) in [5, 5.41) is 6.32. The maximum atomic E-state index is 12.4. The first kappa shape index (κ1) is 20.2. The van der Waals surface area contributed by atoms with Gasteiger partial charge in [0.05, 0.1) is 12.6 Å². The Balaban J connectivity index is 2.56. The molecule has 0 heterocycles. The van der Waals surface area contributed by atoms with Gasteiger partial charge in [-0.3, -0.25) is 0 Å². The van der Waals surface area contributed by atoms with Crippen molar-refractivity contribution in [1.82, 2.24) is 10.6 Å². The van der Waals surface area contributed by atoms with Gasteiger partial charge in [-0.15, -0.1) is 0 Å². The van der Waals surface area contributed by atoms with Crippen LogP contribution < -0.4 is 15.4 Å². The minimum atomic E-state index is -2.84. The number of alkyl halides is 2. The van der Waals surface area contributed by atoms with Crippen molar-refractivity contribution in [1.29, 1.82) is 0 Å². The van der Waals surface area contributed by atoms with Crippen LogP contribution in [0.1, 0.15) is 32.8 Å². The molecule has 0 aliphatic carbocycles. The van der Waals surface area contributed by atoms with E-state index in [2.05, 4.69) is 20.4 Å². The molecule has 0 spiro atoms. The van der Waals surface area contributed by atoms with Crippen molar-refractivity contribution in [2.45, 2.75) is 46.5 Å². The van der Waals surface area contributed by atoms with Crippen LogP contribution in [0.5, 0.6) is 5.75 Å². The molecule has 24 heavy (non-hydrogen) atoms. The molecule has 0 fully saturated rings. The summed E-state index contributed by atoms with van der Waals surface area (Å²) in [4.78, 5) is 4.41. The third kappa shape index (κ3) is 8.67. The Bertz CT molecular complexity index is 496. The lowest BCUT2D eigenvalue weighted by Gasteiger charge is -2.13. The molecule has 1 aromatic carbocycles. The van der Waals surface area contributed by atoms with E-state index in [0.717, 1.165) is 6.42 Å². The molecular formula is C17H27F2N3O2. The van der Waals surface area contributed by atoms with Gasteiger partial charge in [-0.25, -0.2) is 4.99 Å². The first-order valence-electron chi connectivity index (χ1n) is 8.19. The van der Waals surface area contributed by atoms with Crippen molar-refractivity contribution in [3.63, 3.8) is 0 Å². The first-order valence-corrected chi connectivity index (χ1v) is 8.19. The van der Waals surface area contributed by atoms with Gasteiger partial charge in [0.25, 0.3) is 0 Å². The number of guanidine groups is 1. The zero-order chi connectivity index (χ0) is 17.8. The predicted molar refractivity (Wildman–Crippen MR) is 91.6 cm³/mol. The molecule has 2 N–H and O–H groups in total. The van der Waals surface area contributed by atoms with Crippen molar-refractivity contribution in [3.8, 4) is 5.75 Å². The molecule has 0 aromatic heterocycles. The molecule has 0 amide bonds. The summed E-state index contributed by atoms with van der Waals surface area (Å²) in [5.41, 5.74) is 0.609. The summed E-state index contributed by atoms with van der Waals surface area (Å²) >= 11 is 0. The Morgan fingerprint density at radius 2 is 1.96 bits per heavy atom. The van der Waals surface area contributed by atoms with E-state index < -0.39 is 6.61 Å². The molecule has 0 atom stereocenters. The van der Waals surface area contributed by atoms with Crippen LogP contribution in [0.25, 0.3) is 0 Å². The van der Waals surface area contributed by atoms with Crippen molar-refractivity contribution >= 4 is 5.96 Å². The van der Waals surface area contributed by atoms with Crippen LogP contribution in [0.4, 0.5) is 8.78 Å². The van der Waals surface area contributed by atoms with E-state index in [1.165, 1.54) is 6.07 Å². The van der Waals surface area contributed by atoms with Gasteiger partial charge >= 0.3 is 6.61 Å². The minimum absolute atomic E-state index is 0.150. The summed E-state index contributed by atoms with van der Waals surface area (Å²) in [6, 6.07) is 6.66. The second-order valence-electron chi connectivity index (χ2n) is 5.38. The van der Waals surface area contributed by atoms with Crippen LogP contribution >= 0.6 is 0 Å². The molecule has 0 aliphatic heterocycles. The molecule has 0 bridgehead atoms. The van der Waals surface area contributed by atoms with Crippen molar-refractivity contribution in [3.05, 3.63) is 29.8 Å². The van der Waals surface area contributed by atoms with E-state index in [1.807, 2.05) is 20.8 Å². The van der Waals surface area contributed by atoms with Gasteiger partial charge in [0.15, 0.2) is 5.96 Å². The molecule has 1 rings (SSSR count). The molecule has 0 aliphatic rings. The SMILES string of the molecule is CCNC(=NCc1ccccc1OC(F)F)NCCCOC(C)C. The highest BCUT2D eigenvalue weighted by Crippen LogP contribution is 2.20. The van der Waals surface area contributed by atoms with E-state index in [4.69, 9.17) is 4.74 Å². The van der Waals surface area contributed by atoms with Crippen LogP contribution in [0, 0.1) is 0 Å². The largest absolute Gasteiger partial charge is 0.434 e.